The summed E-state index contributed by atoms with van der Waals surface area (Å²) in [6, 6.07) is 20.2. The molecule has 2 N–H and O–H groups in total. The number of rotatable bonds is 8. The molecule has 0 radical (unpaired) electrons. The molecule has 0 aromatic heterocycles. The molecule has 0 saturated carbocycles. The summed E-state index contributed by atoms with van der Waals surface area (Å²) in [7, 11) is -5.81. The Morgan fingerprint density at radius 1 is 0.500 bits per heavy atom. The minimum Gasteiger partial charge on any atom is -0.504 e. The van der Waals surface area contributed by atoms with Gasteiger partial charge in [-0.3, -0.25) is 0 Å². The average molecular weight is 583 g/mol. The van der Waals surface area contributed by atoms with E-state index in [1.165, 1.54) is 50.6 Å². The van der Waals surface area contributed by atoms with Crippen molar-refractivity contribution >= 4 is 41.8 Å². The van der Waals surface area contributed by atoms with Crippen molar-refractivity contribution in [1.82, 2.24) is 0 Å². The number of phenols is 2. The van der Waals surface area contributed by atoms with Gasteiger partial charge in [0, 0.05) is 12.1 Å². The molecule has 206 valence electrons. The third kappa shape index (κ3) is 5.26. The van der Waals surface area contributed by atoms with E-state index in [1.807, 2.05) is 0 Å². The first-order chi connectivity index (χ1) is 19.0. The Morgan fingerprint density at radius 3 is 1.27 bits per heavy atom. The minimum atomic E-state index is -4.21. The predicted octanol–water partition coefficient (Wildman–Crippen LogP) is 4.96. The van der Waals surface area contributed by atoms with Gasteiger partial charge in [-0.05, 0) is 82.2 Å². The van der Waals surface area contributed by atoms with Gasteiger partial charge < -0.3 is 28.1 Å². The maximum absolute atomic E-state index is 12.8. The number of hydrogen-bond acceptors (Lipinski definition) is 10. The Bertz CT molecular complexity index is 1840. The highest BCUT2D eigenvalue weighted by Gasteiger charge is 2.21. The highest BCUT2D eigenvalue weighted by molar-refractivity contribution is 7.87. The molecule has 5 aromatic rings. The molecule has 10 nitrogen and oxygen atoms in total. The van der Waals surface area contributed by atoms with Crippen molar-refractivity contribution in [2.24, 2.45) is 0 Å². The van der Waals surface area contributed by atoms with E-state index < -0.39 is 20.2 Å². The first-order valence-corrected chi connectivity index (χ1v) is 14.4. The SMILES string of the molecule is COc1cc(S(=O)(=O)Oc2ccc3cc4cc(OS(=O)(=O)c5ccc(O)c(OC)c5)ccc4cc3c2)ccc1O. The fraction of sp³-hybridized carbons (Fsp3) is 0.0714. The fourth-order valence-electron chi connectivity index (χ4n) is 4.03. The van der Waals surface area contributed by atoms with Gasteiger partial charge in [0.05, 0.1) is 14.2 Å². The zero-order chi connectivity index (χ0) is 28.7. The predicted molar refractivity (Wildman–Crippen MR) is 146 cm³/mol. The lowest BCUT2D eigenvalue weighted by atomic mass is 10.0. The van der Waals surface area contributed by atoms with E-state index in [0.717, 1.165) is 22.9 Å². The largest absolute Gasteiger partial charge is 0.504 e. The molecular formula is C28H22O10S2. The zero-order valence-corrected chi connectivity index (χ0v) is 22.7. The quantitative estimate of drug-likeness (QED) is 0.190. The highest BCUT2D eigenvalue weighted by atomic mass is 32.2. The van der Waals surface area contributed by atoms with Gasteiger partial charge in [-0.1, -0.05) is 12.1 Å². The second kappa shape index (κ2) is 10.1. The van der Waals surface area contributed by atoms with Crippen LogP contribution in [0, 0.1) is 0 Å². The molecule has 5 aromatic carbocycles. The van der Waals surface area contributed by atoms with Crippen LogP contribution in [-0.2, 0) is 20.2 Å². The van der Waals surface area contributed by atoms with Gasteiger partial charge >= 0.3 is 20.2 Å². The Hall–Kier alpha value is -4.68. The van der Waals surface area contributed by atoms with Crippen LogP contribution in [-0.4, -0.2) is 41.3 Å². The number of methoxy groups -OCH3 is 2. The third-order valence-corrected chi connectivity index (χ3v) is 8.52. The fourth-order valence-corrected chi connectivity index (χ4v) is 5.91. The van der Waals surface area contributed by atoms with Gasteiger partial charge in [0.25, 0.3) is 0 Å². The number of benzene rings is 5. The van der Waals surface area contributed by atoms with Crippen LogP contribution in [0.1, 0.15) is 0 Å². The van der Waals surface area contributed by atoms with Crippen LogP contribution in [0.4, 0.5) is 0 Å². The van der Waals surface area contributed by atoms with Crippen LogP contribution in [0.25, 0.3) is 21.5 Å². The first-order valence-electron chi connectivity index (χ1n) is 11.6. The maximum atomic E-state index is 12.8. The van der Waals surface area contributed by atoms with E-state index in [0.29, 0.717) is 10.8 Å². The van der Waals surface area contributed by atoms with Gasteiger partial charge in [0.15, 0.2) is 23.0 Å². The van der Waals surface area contributed by atoms with Crippen molar-refractivity contribution in [1.29, 1.82) is 0 Å². The summed E-state index contributed by atoms with van der Waals surface area (Å²) in [5.41, 5.74) is 0. The number of hydrogen-bond donors (Lipinski definition) is 2. The summed E-state index contributed by atoms with van der Waals surface area (Å²) in [6.45, 7) is 0. The second-order valence-corrected chi connectivity index (χ2v) is 11.7. The lowest BCUT2D eigenvalue weighted by molar-refractivity contribution is 0.371. The molecule has 0 spiro atoms. The van der Waals surface area contributed by atoms with Crippen molar-refractivity contribution < 1.29 is 44.9 Å². The normalized spacial score (nSPS) is 11.8. The molecule has 0 atom stereocenters. The lowest BCUT2D eigenvalue weighted by Gasteiger charge is -2.11. The van der Waals surface area contributed by atoms with Gasteiger partial charge in [-0.2, -0.15) is 16.8 Å². The van der Waals surface area contributed by atoms with E-state index in [1.54, 1.807) is 36.4 Å². The molecular weight excluding hydrogens is 560 g/mol. The van der Waals surface area contributed by atoms with Crippen LogP contribution < -0.4 is 17.8 Å². The summed E-state index contributed by atoms with van der Waals surface area (Å²) in [5.74, 6) is -0.262. The summed E-state index contributed by atoms with van der Waals surface area (Å²) in [5, 5.41) is 22.3. The summed E-state index contributed by atoms with van der Waals surface area (Å²) in [6.07, 6.45) is 0. The van der Waals surface area contributed by atoms with Gasteiger partial charge in [0.2, 0.25) is 0 Å². The second-order valence-electron chi connectivity index (χ2n) is 8.61. The van der Waals surface area contributed by atoms with Gasteiger partial charge in [0.1, 0.15) is 21.3 Å². The minimum absolute atomic E-state index is 0.00593. The topological polar surface area (TPSA) is 146 Å². The van der Waals surface area contributed by atoms with E-state index in [2.05, 4.69) is 0 Å². The first kappa shape index (κ1) is 26.9. The molecule has 0 heterocycles. The molecule has 0 bridgehead atoms. The van der Waals surface area contributed by atoms with Crippen LogP contribution in [0.15, 0.2) is 94.7 Å². The van der Waals surface area contributed by atoms with E-state index in [4.69, 9.17) is 17.8 Å². The Morgan fingerprint density at radius 2 is 0.900 bits per heavy atom. The average Bonchev–Trinajstić information content (AvgIpc) is 2.91. The van der Waals surface area contributed by atoms with Crippen LogP contribution in [0.5, 0.6) is 34.5 Å². The lowest BCUT2D eigenvalue weighted by Crippen LogP contribution is -2.10. The molecule has 0 unspecified atom stereocenters. The summed E-state index contributed by atoms with van der Waals surface area (Å²) in [4.78, 5) is -0.372. The van der Waals surface area contributed by atoms with E-state index >= 15 is 0 Å². The van der Waals surface area contributed by atoms with Crippen molar-refractivity contribution in [3.05, 3.63) is 84.9 Å². The Kier molecular flexibility index (Phi) is 6.82. The number of phenolic OH excluding ortho intramolecular Hbond substituents is 2. The maximum Gasteiger partial charge on any atom is 0.339 e. The van der Waals surface area contributed by atoms with Crippen LogP contribution in [0.3, 0.4) is 0 Å². The van der Waals surface area contributed by atoms with Gasteiger partial charge in [-0.15, -0.1) is 0 Å². The van der Waals surface area contributed by atoms with Crippen LogP contribution >= 0.6 is 0 Å². The molecule has 40 heavy (non-hydrogen) atoms. The Labute approximate surface area is 229 Å². The van der Waals surface area contributed by atoms with Crippen LogP contribution in [0.2, 0.25) is 0 Å². The van der Waals surface area contributed by atoms with E-state index in [9.17, 15) is 27.0 Å². The molecule has 5 rings (SSSR count). The Balaban J connectivity index is 1.42. The monoisotopic (exact) mass is 582 g/mol. The number of fused-ring (bicyclic) bond motifs is 2. The molecule has 0 aliphatic carbocycles. The van der Waals surface area contributed by atoms with Gasteiger partial charge in [-0.25, -0.2) is 0 Å². The standard InChI is InChI=1S/C28H22O10S2/c1-35-27-15-23(7-9-25(27)29)39(31,32)37-21-5-3-17-12-20-14-22(6-4-18(20)11-19(17)13-21)38-40(33,34)24-8-10-26(30)28(16-24)36-2/h3-16,29-30H,1-2H3. The van der Waals surface area contributed by atoms with Crippen molar-refractivity contribution in [2.75, 3.05) is 14.2 Å². The third-order valence-electron chi connectivity index (χ3n) is 6.03. The van der Waals surface area contributed by atoms with Crippen molar-refractivity contribution in [3.63, 3.8) is 0 Å². The number of ether oxygens (including phenoxy) is 2. The summed E-state index contributed by atoms with van der Waals surface area (Å²) < 4.78 is 71.7. The zero-order valence-electron chi connectivity index (χ0n) is 21.1. The van der Waals surface area contributed by atoms with E-state index in [-0.39, 0.29) is 44.3 Å². The molecule has 0 saturated heterocycles. The molecule has 0 aliphatic rings. The van der Waals surface area contributed by atoms with Crippen molar-refractivity contribution in [2.45, 2.75) is 9.79 Å². The molecule has 0 aliphatic heterocycles. The summed E-state index contributed by atoms with van der Waals surface area (Å²) >= 11 is 0. The van der Waals surface area contributed by atoms with Crippen molar-refractivity contribution in [3.8, 4) is 34.5 Å². The molecule has 0 fully saturated rings. The molecule has 12 heteroatoms. The highest BCUT2D eigenvalue weighted by Crippen LogP contribution is 2.33. The molecule has 0 amide bonds. The number of aromatic hydroxyl groups is 2. The smallest absolute Gasteiger partial charge is 0.339 e.